The molecule has 0 saturated heterocycles. The molecule has 0 heterocycles. The summed E-state index contributed by atoms with van der Waals surface area (Å²) in [5, 5.41) is 25.9. The molecule has 0 radical (unpaired) electrons. The first kappa shape index (κ1) is 24.8. The normalized spacial score (nSPS) is 11.3. The molecule has 0 bridgehead atoms. The van der Waals surface area contributed by atoms with Crippen molar-refractivity contribution >= 4 is 23.5 Å². The number of para-hydroxylation sites is 1. The molecule has 0 unspecified atom stereocenters. The monoisotopic (exact) mass is 488 g/mol. The molecule has 10 nitrogen and oxygen atoms in total. The minimum absolute atomic E-state index is 0.116. The fourth-order valence-electron chi connectivity index (χ4n) is 2.90. The van der Waals surface area contributed by atoms with Gasteiger partial charge in [-0.05, 0) is 42.0 Å². The molecule has 0 atom stereocenters. The number of hydrazone groups is 1. The number of rotatable bonds is 8. The van der Waals surface area contributed by atoms with E-state index >= 15 is 0 Å². The Hall–Kier alpha value is -4.81. The van der Waals surface area contributed by atoms with Crippen LogP contribution >= 0.6 is 0 Å². The average molecular weight is 488 g/mol. The fraction of sp³-hybridized carbons (Fsp3) is 0.0909. The topological polar surface area (TPSA) is 137 Å². The van der Waals surface area contributed by atoms with Gasteiger partial charge in [-0.3, -0.25) is 25.0 Å². The van der Waals surface area contributed by atoms with E-state index in [9.17, 15) is 38.2 Å². The molecular weight excluding hydrogens is 473 g/mol. The summed E-state index contributed by atoms with van der Waals surface area (Å²) >= 11 is 0. The van der Waals surface area contributed by atoms with E-state index in [-0.39, 0.29) is 29.2 Å². The molecular formula is C22H15F3N4O6. The van der Waals surface area contributed by atoms with Gasteiger partial charge in [0.1, 0.15) is 5.75 Å². The number of amides is 1. The van der Waals surface area contributed by atoms with Crippen molar-refractivity contribution in [3.63, 3.8) is 0 Å². The highest BCUT2D eigenvalue weighted by Gasteiger charge is 2.33. The van der Waals surface area contributed by atoms with E-state index in [0.717, 1.165) is 6.07 Å². The van der Waals surface area contributed by atoms with E-state index in [1.165, 1.54) is 48.7 Å². The van der Waals surface area contributed by atoms with Crippen molar-refractivity contribution in [2.75, 3.05) is 0 Å². The number of halogens is 3. The average Bonchev–Trinajstić information content (AvgIpc) is 2.80. The van der Waals surface area contributed by atoms with Crippen molar-refractivity contribution in [3.05, 3.63) is 104 Å². The Morgan fingerprint density at radius 2 is 1.63 bits per heavy atom. The summed E-state index contributed by atoms with van der Waals surface area (Å²) in [5.41, 5.74) is 0.765. The highest BCUT2D eigenvalue weighted by Crippen LogP contribution is 2.37. The summed E-state index contributed by atoms with van der Waals surface area (Å²) in [7, 11) is 0. The van der Waals surface area contributed by atoms with Crippen LogP contribution in [0, 0.1) is 20.2 Å². The number of alkyl halides is 3. The third kappa shape index (κ3) is 6.60. The molecule has 0 fully saturated rings. The minimum Gasteiger partial charge on any atom is -0.450 e. The van der Waals surface area contributed by atoms with Crippen LogP contribution < -0.4 is 10.2 Å². The first-order valence-corrected chi connectivity index (χ1v) is 9.72. The van der Waals surface area contributed by atoms with Gasteiger partial charge in [0, 0.05) is 17.7 Å². The summed E-state index contributed by atoms with van der Waals surface area (Å²) in [6.45, 7) is 0. The second kappa shape index (κ2) is 10.4. The van der Waals surface area contributed by atoms with Gasteiger partial charge in [0.15, 0.2) is 0 Å². The smallest absolute Gasteiger partial charge is 0.416 e. The van der Waals surface area contributed by atoms with Gasteiger partial charge in [-0.2, -0.15) is 18.3 Å². The quantitative estimate of drug-likeness (QED) is 0.269. The van der Waals surface area contributed by atoms with Crippen molar-refractivity contribution in [3.8, 4) is 11.5 Å². The van der Waals surface area contributed by atoms with Gasteiger partial charge in [-0.25, -0.2) is 5.43 Å². The van der Waals surface area contributed by atoms with Crippen molar-refractivity contribution in [2.24, 2.45) is 5.10 Å². The molecule has 3 rings (SSSR count). The van der Waals surface area contributed by atoms with Crippen LogP contribution in [0.3, 0.4) is 0 Å². The maximum absolute atomic E-state index is 12.8. The number of hydrogen-bond donors (Lipinski definition) is 1. The molecule has 0 aromatic heterocycles. The van der Waals surface area contributed by atoms with Gasteiger partial charge in [0.2, 0.25) is 11.7 Å². The first-order chi connectivity index (χ1) is 16.5. The zero-order chi connectivity index (χ0) is 25.6. The zero-order valence-electron chi connectivity index (χ0n) is 17.6. The number of carbonyl (C=O) groups is 1. The maximum atomic E-state index is 12.8. The van der Waals surface area contributed by atoms with Crippen LogP contribution in [-0.2, 0) is 17.4 Å². The zero-order valence-corrected chi connectivity index (χ0v) is 17.6. The molecule has 3 aromatic rings. The van der Waals surface area contributed by atoms with Crippen LogP contribution in [0.4, 0.5) is 24.5 Å². The number of nitro benzene ring substituents is 2. The summed E-state index contributed by atoms with van der Waals surface area (Å²) in [5.74, 6) is -0.831. The second-order valence-electron chi connectivity index (χ2n) is 6.96. The number of nitrogens with zero attached hydrogens (tertiary/aromatic N) is 3. The lowest BCUT2D eigenvalue weighted by molar-refractivity contribution is -0.385. The lowest BCUT2D eigenvalue weighted by Crippen LogP contribution is -2.20. The summed E-state index contributed by atoms with van der Waals surface area (Å²) in [6, 6.07) is 13.5. The number of ether oxygens (including phenoxy) is 1. The molecule has 0 aliphatic heterocycles. The lowest BCUT2D eigenvalue weighted by Gasteiger charge is -2.10. The summed E-state index contributed by atoms with van der Waals surface area (Å²) < 4.78 is 43.8. The van der Waals surface area contributed by atoms with Crippen LogP contribution in [-0.4, -0.2) is 22.0 Å². The Morgan fingerprint density at radius 1 is 0.971 bits per heavy atom. The number of nitrogens with one attached hydrogen (secondary N) is 1. The third-order valence-electron chi connectivity index (χ3n) is 4.53. The van der Waals surface area contributed by atoms with Crippen LogP contribution in [0.15, 0.2) is 71.8 Å². The Labute approximate surface area is 194 Å². The van der Waals surface area contributed by atoms with E-state index in [0.29, 0.717) is 17.7 Å². The van der Waals surface area contributed by atoms with Crippen LogP contribution in [0.2, 0.25) is 0 Å². The number of hydrogen-bond acceptors (Lipinski definition) is 7. The van der Waals surface area contributed by atoms with E-state index < -0.39 is 33.2 Å². The molecule has 3 aromatic carbocycles. The number of carbonyl (C=O) groups excluding carboxylic acids is 1. The fourth-order valence-corrected chi connectivity index (χ4v) is 2.90. The predicted molar refractivity (Wildman–Crippen MR) is 117 cm³/mol. The Kier molecular flexibility index (Phi) is 7.39. The number of nitro groups is 2. The third-order valence-corrected chi connectivity index (χ3v) is 4.53. The van der Waals surface area contributed by atoms with Crippen molar-refractivity contribution in [1.29, 1.82) is 0 Å². The molecule has 0 aliphatic rings. The molecule has 0 spiro atoms. The van der Waals surface area contributed by atoms with Gasteiger partial charge in [-0.15, -0.1) is 0 Å². The molecule has 0 saturated carbocycles. The lowest BCUT2D eigenvalue weighted by atomic mass is 10.1. The molecule has 0 aliphatic carbocycles. The van der Waals surface area contributed by atoms with Crippen molar-refractivity contribution in [2.45, 2.75) is 12.6 Å². The predicted octanol–water partition coefficient (Wildman–Crippen LogP) is 5.01. The minimum atomic E-state index is -4.74. The highest BCUT2D eigenvalue weighted by atomic mass is 19.4. The Morgan fingerprint density at radius 3 is 2.26 bits per heavy atom. The molecule has 180 valence electrons. The van der Waals surface area contributed by atoms with E-state index in [2.05, 4.69) is 10.5 Å². The summed E-state index contributed by atoms with van der Waals surface area (Å²) in [4.78, 5) is 32.6. The number of benzene rings is 3. The highest BCUT2D eigenvalue weighted by molar-refractivity contribution is 5.83. The largest absolute Gasteiger partial charge is 0.450 e. The van der Waals surface area contributed by atoms with Gasteiger partial charge < -0.3 is 4.74 Å². The standard InChI is InChI=1S/C22H15F3N4O6/c23-22(24,25)16-7-10-20(19(12-16)29(33)34)35-17-8-5-14(6-9-17)13-26-27-21(30)11-15-3-1-2-4-18(15)28(31)32/h1-10,12-13H,11H2,(H,27,30). The first-order valence-electron chi connectivity index (χ1n) is 9.72. The van der Waals surface area contributed by atoms with E-state index in [1.54, 1.807) is 6.07 Å². The second-order valence-corrected chi connectivity index (χ2v) is 6.96. The van der Waals surface area contributed by atoms with Crippen molar-refractivity contribution in [1.82, 2.24) is 5.43 Å². The van der Waals surface area contributed by atoms with Crippen LogP contribution in [0.5, 0.6) is 11.5 Å². The van der Waals surface area contributed by atoms with E-state index in [4.69, 9.17) is 4.74 Å². The summed E-state index contributed by atoms with van der Waals surface area (Å²) in [6.07, 6.45) is -3.72. The molecule has 35 heavy (non-hydrogen) atoms. The SMILES string of the molecule is O=C(Cc1ccccc1[N+](=O)[O-])NN=Cc1ccc(Oc2ccc(C(F)(F)F)cc2[N+](=O)[O-])cc1. The van der Waals surface area contributed by atoms with E-state index in [1.807, 2.05) is 0 Å². The van der Waals surface area contributed by atoms with Gasteiger partial charge in [0.05, 0.1) is 28.0 Å². The molecule has 1 N–H and O–H groups in total. The van der Waals surface area contributed by atoms with Gasteiger partial charge in [0.25, 0.3) is 5.69 Å². The molecule has 13 heteroatoms. The van der Waals surface area contributed by atoms with Gasteiger partial charge in [-0.1, -0.05) is 18.2 Å². The Bertz CT molecular complexity index is 1290. The molecule has 1 amide bonds. The van der Waals surface area contributed by atoms with Crippen LogP contribution in [0.25, 0.3) is 0 Å². The van der Waals surface area contributed by atoms with Crippen LogP contribution in [0.1, 0.15) is 16.7 Å². The Balaban J connectivity index is 1.63. The van der Waals surface area contributed by atoms with Crippen molar-refractivity contribution < 1.29 is 32.5 Å². The van der Waals surface area contributed by atoms with Gasteiger partial charge >= 0.3 is 11.9 Å². The maximum Gasteiger partial charge on any atom is 0.416 e.